The Bertz CT molecular complexity index is 1240. The van der Waals surface area contributed by atoms with E-state index in [-0.39, 0.29) is 41.2 Å². The number of amides is 1. The number of aromatic nitrogens is 3. The molecule has 2 aliphatic heterocycles. The summed E-state index contributed by atoms with van der Waals surface area (Å²) in [6.07, 6.45) is -3.69. The maximum Gasteiger partial charge on any atom is 0.418 e. The van der Waals surface area contributed by atoms with Crippen molar-refractivity contribution in [2.45, 2.75) is 13.1 Å². The van der Waals surface area contributed by atoms with Crippen LogP contribution in [0.15, 0.2) is 18.3 Å². The number of aromatic amines is 1. The number of H-pyrrole nitrogens is 1. The van der Waals surface area contributed by atoms with Gasteiger partial charge in [0, 0.05) is 25.8 Å². The minimum atomic E-state index is -4.56. The Morgan fingerprint density at radius 2 is 1.94 bits per heavy atom. The van der Waals surface area contributed by atoms with Gasteiger partial charge in [-0.25, -0.2) is 0 Å². The summed E-state index contributed by atoms with van der Waals surface area (Å²) >= 11 is 0. The number of carbonyl (C=O) groups is 1. The van der Waals surface area contributed by atoms with Crippen molar-refractivity contribution in [2.24, 2.45) is 0 Å². The average molecular weight is 478 g/mol. The molecular formula is C21H21F3N6O4. The van der Waals surface area contributed by atoms with Crippen LogP contribution in [0.25, 0.3) is 11.0 Å². The van der Waals surface area contributed by atoms with Gasteiger partial charge in [0.1, 0.15) is 11.5 Å². The summed E-state index contributed by atoms with van der Waals surface area (Å²) < 4.78 is 56.7. The first-order valence-corrected chi connectivity index (χ1v) is 10.6. The molecule has 0 saturated carbocycles. The fourth-order valence-electron chi connectivity index (χ4n) is 3.93. The van der Waals surface area contributed by atoms with Crippen molar-refractivity contribution in [3.8, 4) is 11.5 Å². The second kappa shape index (κ2) is 8.56. The zero-order valence-corrected chi connectivity index (χ0v) is 18.1. The zero-order chi connectivity index (χ0) is 23.9. The topological polar surface area (TPSA) is 114 Å². The Hall–Kier alpha value is -3.74. The maximum atomic E-state index is 13.4. The molecule has 1 fully saturated rings. The van der Waals surface area contributed by atoms with Gasteiger partial charge in [0.2, 0.25) is 12.7 Å². The Morgan fingerprint density at radius 1 is 1.18 bits per heavy atom. The van der Waals surface area contributed by atoms with Crippen molar-refractivity contribution in [3.05, 3.63) is 29.5 Å². The van der Waals surface area contributed by atoms with Gasteiger partial charge >= 0.3 is 6.18 Å². The zero-order valence-electron chi connectivity index (χ0n) is 18.1. The van der Waals surface area contributed by atoms with Crippen molar-refractivity contribution >= 4 is 34.4 Å². The van der Waals surface area contributed by atoms with E-state index in [0.717, 1.165) is 6.20 Å². The third kappa shape index (κ3) is 3.91. The number of rotatable bonds is 5. The Kier molecular flexibility index (Phi) is 5.55. The molecule has 13 heteroatoms. The number of hydrogen-bond acceptors (Lipinski definition) is 8. The number of nitrogens with zero attached hydrogens (tertiary/aromatic N) is 3. The lowest BCUT2D eigenvalue weighted by Crippen LogP contribution is -2.40. The highest BCUT2D eigenvalue weighted by Crippen LogP contribution is 2.44. The van der Waals surface area contributed by atoms with Crippen LogP contribution in [0.4, 0.5) is 30.6 Å². The Morgan fingerprint density at radius 3 is 2.68 bits per heavy atom. The Balaban J connectivity index is 1.49. The summed E-state index contributed by atoms with van der Waals surface area (Å²) in [4.78, 5) is 25.7. The van der Waals surface area contributed by atoms with Crippen LogP contribution in [0.2, 0.25) is 0 Å². The summed E-state index contributed by atoms with van der Waals surface area (Å²) in [5, 5.41) is 5.69. The molecule has 1 aromatic carbocycles. The third-order valence-electron chi connectivity index (χ3n) is 5.48. The van der Waals surface area contributed by atoms with E-state index in [0.29, 0.717) is 49.8 Å². The standard InChI is InChI=1S/C21H21F3N6O4/c1-2-25-17-14-12(21(22,23)24)9-26-18(14)29-20(28-17)27-13-4-3-11(15-16(13)34-10-33-15)19(31)30-5-7-32-8-6-30/h3-4,9H,2,5-8,10H2,1H3,(H3,25,26,27,28,29). The van der Waals surface area contributed by atoms with Gasteiger partial charge in [-0.3, -0.25) is 4.79 Å². The first-order valence-electron chi connectivity index (χ1n) is 10.6. The fraction of sp³-hybridized carbons (Fsp3) is 0.381. The van der Waals surface area contributed by atoms with Crippen molar-refractivity contribution in [3.63, 3.8) is 0 Å². The monoisotopic (exact) mass is 478 g/mol. The number of morpholine rings is 1. The molecule has 3 N–H and O–H groups in total. The molecule has 1 saturated heterocycles. The van der Waals surface area contributed by atoms with Crippen LogP contribution in [0.5, 0.6) is 11.5 Å². The molecule has 2 aromatic heterocycles. The maximum absolute atomic E-state index is 13.4. The molecule has 34 heavy (non-hydrogen) atoms. The van der Waals surface area contributed by atoms with E-state index in [1.54, 1.807) is 24.0 Å². The van der Waals surface area contributed by atoms with Crippen molar-refractivity contribution < 1.29 is 32.2 Å². The lowest BCUT2D eigenvalue weighted by molar-refractivity contribution is -0.136. The van der Waals surface area contributed by atoms with Crippen molar-refractivity contribution in [1.82, 2.24) is 19.9 Å². The minimum absolute atomic E-state index is 0.0219. The first-order chi connectivity index (χ1) is 16.4. The van der Waals surface area contributed by atoms with Gasteiger partial charge in [-0.2, -0.15) is 23.1 Å². The number of anilines is 3. The number of halogens is 3. The molecule has 0 bridgehead atoms. The van der Waals surface area contributed by atoms with E-state index < -0.39 is 11.7 Å². The molecule has 0 radical (unpaired) electrons. The number of alkyl halides is 3. The molecule has 2 aliphatic rings. The predicted octanol–water partition coefficient (Wildman–Crippen LogP) is 3.35. The third-order valence-corrected chi connectivity index (χ3v) is 5.48. The number of benzene rings is 1. The Labute approximate surface area is 191 Å². The first kappa shape index (κ1) is 22.1. The highest BCUT2D eigenvalue weighted by atomic mass is 19.4. The van der Waals surface area contributed by atoms with E-state index in [2.05, 4.69) is 25.6 Å². The lowest BCUT2D eigenvalue weighted by atomic mass is 10.1. The molecule has 1 amide bonds. The SMILES string of the molecule is CCNc1nc(Nc2ccc(C(=O)N3CCOCC3)c3c2OCO3)nc2[nH]cc(C(F)(F)F)c12. The number of fused-ring (bicyclic) bond motifs is 2. The quantitative estimate of drug-likeness (QED) is 0.512. The molecule has 0 atom stereocenters. The van der Waals surface area contributed by atoms with Crippen LogP contribution in [0, 0.1) is 0 Å². The van der Waals surface area contributed by atoms with Crippen LogP contribution >= 0.6 is 0 Å². The number of carbonyl (C=O) groups excluding carboxylic acids is 1. The molecule has 5 rings (SSSR count). The van der Waals surface area contributed by atoms with E-state index in [4.69, 9.17) is 14.2 Å². The molecule has 3 aromatic rings. The average Bonchev–Trinajstić information content (AvgIpc) is 3.47. The van der Waals surface area contributed by atoms with Crippen LogP contribution in [0.1, 0.15) is 22.8 Å². The minimum Gasteiger partial charge on any atom is -0.453 e. The van der Waals surface area contributed by atoms with Gasteiger partial charge < -0.3 is 34.7 Å². The van der Waals surface area contributed by atoms with E-state index >= 15 is 0 Å². The number of ether oxygens (including phenoxy) is 3. The van der Waals surface area contributed by atoms with Crippen LogP contribution in [-0.2, 0) is 10.9 Å². The smallest absolute Gasteiger partial charge is 0.418 e. The van der Waals surface area contributed by atoms with Gasteiger partial charge in [-0.15, -0.1) is 0 Å². The summed E-state index contributed by atoms with van der Waals surface area (Å²) in [6, 6.07) is 3.23. The van der Waals surface area contributed by atoms with Gasteiger partial charge in [-0.1, -0.05) is 0 Å². The molecule has 180 valence electrons. The molecular weight excluding hydrogens is 457 g/mol. The van der Waals surface area contributed by atoms with Crippen LogP contribution in [0.3, 0.4) is 0 Å². The van der Waals surface area contributed by atoms with Gasteiger partial charge in [-0.05, 0) is 19.1 Å². The molecule has 0 unspecified atom stereocenters. The largest absolute Gasteiger partial charge is 0.453 e. The van der Waals surface area contributed by atoms with Crippen LogP contribution in [-0.4, -0.2) is 65.4 Å². The second-order valence-corrected chi connectivity index (χ2v) is 7.60. The highest BCUT2D eigenvalue weighted by molar-refractivity contribution is 5.99. The fourth-order valence-corrected chi connectivity index (χ4v) is 3.93. The summed E-state index contributed by atoms with van der Waals surface area (Å²) in [7, 11) is 0. The van der Waals surface area contributed by atoms with E-state index in [9.17, 15) is 18.0 Å². The van der Waals surface area contributed by atoms with Crippen molar-refractivity contribution in [1.29, 1.82) is 0 Å². The summed E-state index contributed by atoms with van der Waals surface area (Å²) in [5.74, 6) is 0.472. The number of nitrogens with one attached hydrogen (secondary N) is 3. The lowest BCUT2D eigenvalue weighted by Gasteiger charge is -2.27. The molecule has 0 spiro atoms. The van der Waals surface area contributed by atoms with Crippen LogP contribution < -0.4 is 20.1 Å². The second-order valence-electron chi connectivity index (χ2n) is 7.60. The van der Waals surface area contributed by atoms with E-state index in [1.165, 1.54) is 0 Å². The van der Waals surface area contributed by atoms with Gasteiger partial charge in [0.15, 0.2) is 11.5 Å². The number of hydrogen-bond donors (Lipinski definition) is 3. The summed E-state index contributed by atoms with van der Waals surface area (Å²) in [6.45, 7) is 3.92. The van der Waals surface area contributed by atoms with Crippen molar-refractivity contribution in [2.75, 3.05) is 50.3 Å². The van der Waals surface area contributed by atoms with Gasteiger partial charge in [0.25, 0.3) is 5.91 Å². The molecule has 4 heterocycles. The van der Waals surface area contributed by atoms with E-state index in [1.807, 2.05) is 0 Å². The molecule has 0 aliphatic carbocycles. The predicted molar refractivity (Wildman–Crippen MR) is 116 cm³/mol. The highest BCUT2D eigenvalue weighted by Gasteiger charge is 2.36. The normalized spacial score (nSPS) is 15.6. The summed E-state index contributed by atoms with van der Waals surface area (Å²) in [5.41, 5.74) is -0.0680. The molecule has 10 nitrogen and oxygen atoms in total. The van der Waals surface area contributed by atoms with Gasteiger partial charge in [0.05, 0.1) is 35.4 Å².